The fourth-order valence-electron chi connectivity index (χ4n) is 2.50. The minimum atomic E-state index is 0.0868. The topological polar surface area (TPSA) is 59.9 Å². The van der Waals surface area contributed by atoms with Crippen LogP contribution in [0.3, 0.4) is 0 Å². The Morgan fingerprint density at radius 3 is 2.86 bits per heavy atom. The Hall–Kier alpha value is -2.28. The Balaban J connectivity index is 2.12. The molecule has 0 spiro atoms. The fraction of sp³-hybridized carbons (Fsp3) is 0.412. The zero-order valence-corrected chi connectivity index (χ0v) is 12.6. The molecule has 0 atom stereocenters. The number of para-hydroxylation sites is 1. The maximum atomic E-state index is 12.5. The van der Waals surface area contributed by atoms with Crippen LogP contribution in [0.2, 0.25) is 0 Å². The maximum Gasteiger partial charge on any atom is 0.227 e. The van der Waals surface area contributed by atoms with Crippen LogP contribution in [0.5, 0.6) is 0 Å². The highest BCUT2D eigenvalue weighted by atomic mass is 16.2. The Bertz CT molecular complexity index is 651. The van der Waals surface area contributed by atoms with Crippen molar-refractivity contribution in [2.24, 2.45) is 5.92 Å². The molecule has 110 valence electrons. The molecule has 0 aliphatic rings. The largest absolute Gasteiger partial charge is 0.361 e. The first-order valence-corrected chi connectivity index (χ1v) is 7.31. The molecule has 2 rings (SSSR count). The van der Waals surface area contributed by atoms with Crippen molar-refractivity contribution in [3.63, 3.8) is 0 Å². The molecular weight excluding hydrogens is 262 g/mol. The number of nitriles is 1. The first kappa shape index (κ1) is 15.1. The van der Waals surface area contributed by atoms with Crippen molar-refractivity contribution in [2.45, 2.75) is 26.7 Å². The number of hydrogen-bond acceptors (Lipinski definition) is 2. The molecule has 0 radical (unpaired) electrons. The van der Waals surface area contributed by atoms with E-state index in [2.05, 4.69) is 24.9 Å². The zero-order valence-electron chi connectivity index (χ0n) is 12.6. The molecule has 0 saturated heterocycles. The van der Waals surface area contributed by atoms with Gasteiger partial charge in [-0.3, -0.25) is 4.79 Å². The van der Waals surface area contributed by atoms with Crippen molar-refractivity contribution < 1.29 is 4.79 Å². The minimum absolute atomic E-state index is 0.0868. The molecule has 0 bridgehead atoms. The summed E-state index contributed by atoms with van der Waals surface area (Å²) in [5.41, 5.74) is 2.06. The van der Waals surface area contributed by atoms with Crippen LogP contribution in [0.15, 0.2) is 30.5 Å². The number of H-pyrrole nitrogens is 1. The van der Waals surface area contributed by atoms with E-state index in [0.717, 1.165) is 16.5 Å². The van der Waals surface area contributed by atoms with E-state index >= 15 is 0 Å². The highest BCUT2D eigenvalue weighted by molar-refractivity contribution is 5.88. The smallest absolute Gasteiger partial charge is 0.227 e. The van der Waals surface area contributed by atoms with Gasteiger partial charge in [0.05, 0.1) is 18.9 Å². The number of benzene rings is 1. The third kappa shape index (κ3) is 3.85. The Kier molecular flexibility index (Phi) is 4.99. The number of aromatic nitrogens is 1. The van der Waals surface area contributed by atoms with Crippen LogP contribution in [0.1, 0.15) is 25.8 Å². The lowest BCUT2D eigenvalue weighted by Gasteiger charge is -2.23. The van der Waals surface area contributed by atoms with E-state index < -0.39 is 0 Å². The van der Waals surface area contributed by atoms with Crippen LogP contribution in [-0.2, 0) is 11.2 Å². The molecule has 0 aliphatic carbocycles. The van der Waals surface area contributed by atoms with Crippen molar-refractivity contribution in [3.05, 3.63) is 36.0 Å². The van der Waals surface area contributed by atoms with Gasteiger partial charge in [0.1, 0.15) is 0 Å². The predicted octanol–water partition coefficient (Wildman–Crippen LogP) is 3.11. The third-order valence-corrected chi connectivity index (χ3v) is 3.45. The SMILES string of the molecule is CC(C)CN(CCC#N)C(=O)Cc1c[nH]c2ccccc12. The van der Waals surface area contributed by atoms with Crippen LogP contribution >= 0.6 is 0 Å². The predicted molar refractivity (Wildman–Crippen MR) is 83.7 cm³/mol. The number of fused-ring (bicyclic) bond motifs is 1. The lowest BCUT2D eigenvalue weighted by molar-refractivity contribution is -0.130. The summed E-state index contributed by atoms with van der Waals surface area (Å²) in [4.78, 5) is 17.5. The van der Waals surface area contributed by atoms with E-state index in [4.69, 9.17) is 5.26 Å². The quantitative estimate of drug-likeness (QED) is 0.885. The lowest BCUT2D eigenvalue weighted by Crippen LogP contribution is -2.36. The highest BCUT2D eigenvalue weighted by Gasteiger charge is 2.16. The maximum absolute atomic E-state index is 12.5. The van der Waals surface area contributed by atoms with Crippen LogP contribution in [0.25, 0.3) is 10.9 Å². The van der Waals surface area contributed by atoms with Crippen molar-refractivity contribution >= 4 is 16.8 Å². The van der Waals surface area contributed by atoms with Crippen molar-refractivity contribution in [3.8, 4) is 6.07 Å². The first-order valence-electron chi connectivity index (χ1n) is 7.31. The molecule has 1 amide bonds. The van der Waals surface area contributed by atoms with Gasteiger partial charge in [-0.25, -0.2) is 0 Å². The molecule has 0 fully saturated rings. The summed E-state index contributed by atoms with van der Waals surface area (Å²) < 4.78 is 0. The Morgan fingerprint density at radius 2 is 2.14 bits per heavy atom. The Morgan fingerprint density at radius 1 is 1.38 bits per heavy atom. The van der Waals surface area contributed by atoms with E-state index in [-0.39, 0.29) is 5.91 Å². The molecule has 4 heteroatoms. The van der Waals surface area contributed by atoms with Gasteiger partial charge in [-0.2, -0.15) is 5.26 Å². The van der Waals surface area contributed by atoms with Gasteiger partial charge in [0.2, 0.25) is 5.91 Å². The van der Waals surface area contributed by atoms with Gasteiger partial charge in [0.25, 0.3) is 0 Å². The Labute approximate surface area is 125 Å². The molecule has 0 aliphatic heterocycles. The third-order valence-electron chi connectivity index (χ3n) is 3.45. The highest BCUT2D eigenvalue weighted by Crippen LogP contribution is 2.19. The second-order valence-corrected chi connectivity index (χ2v) is 5.68. The number of nitrogens with zero attached hydrogens (tertiary/aromatic N) is 2. The van der Waals surface area contributed by atoms with Crippen molar-refractivity contribution in [2.75, 3.05) is 13.1 Å². The molecule has 1 aromatic heterocycles. The molecule has 2 aromatic rings. The normalized spacial score (nSPS) is 10.8. The molecule has 0 saturated carbocycles. The molecule has 21 heavy (non-hydrogen) atoms. The monoisotopic (exact) mass is 283 g/mol. The van der Waals surface area contributed by atoms with Crippen LogP contribution < -0.4 is 0 Å². The van der Waals surface area contributed by atoms with Crippen LogP contribution in [0.4, 0.5) is 0 Å². The van der Waals surface area contributed by atoms with E-state index in [1.54, 1.807) is 4.90 Å². The van der Waals surface area contributed by atoms with Gasteiger partial charge >= 0.3 is 0 Å². The van der Waals surface area contributed by atoms with Gasteiger partial charge in [0.15, 0.2) is 0 Å². The second kappa shape index (κ2) is 6.94. The number of hydrogen-bond donors (Lipinski definition) is 1. The average molecular weight is 283 g/mol. The molecule has 4 nitrogen and oxygen atoms in total. The minimum Gasteiger partial charge on any atom is -0.361 e. The molecule has 1 aromatic carbocycles. The second-order valence-electron chi connectivity index (χ2n) is 5.68. The molecule has 0 unspecified atom stereocenters. The number of amides is 1. The fourth-order valence-corrected chi connectivity index (χ4v) is 2.50. The van der Waals surface area contributed by atoms with Gasteiger partial charge in [-0.05, 0) is 17.5 Å². The summed E-state index contributed by atoms with van der Waals surface area (Å²) in [7, 11) is 0. The summed E-state index contributed by atoms with van der Waals surface area (Å²) in [6.07, 6.45) is 2.66. The van der Waals surface area contributed by atoms with E-state index in [0.29, 0.717) is 31.8 Å². The van der Waals surface area contributed by atoms with Crippen molar-refractivity contribution in [1.29, 1.82) is 5.26 Å². The van der Waals surface area contributed by atoms with Gasteiger partial charge in [0, 0.05) is 30.2 Å². The van der Waals surface area contributed by atoms with E-state index in [1.807, 2.05) is 30.5 Å². The van der Waals surface area contributed by atoms with Crippen LogP contribution in [0, 0.1) is 17.2 Å². The molecule has 1 heterocycles. The number of carbonyl (C=O) groups excluding carboxylic acids is 1. The van der Waals surface area contributed by atoms with Gasteiger partial charge in [-0.1, -0.05) is 32.0 Å². The molecule has 1 N–H and O–H groups in total. The lowest BCUT2D eigenvalue weighted by atomic mass is 10.1. The summed E-state index contributed by atoms with van der Waals surface area (Å²) in [6.45, 7) is 5.37. The first-order chi connectivity index (χ1) is 10.1. The summed E-state index contributed by atoms with van der Waals surface area (Å²) in [6, 6.07) is 10.1. The van der Waals surface area contributed by atoms with Crippen LogP contribution in [-0.4, -0.2) is 28.9 Å². The van der Waals surface area contributed by atoms with E-state index in [9.17, 15) is 4.79 Å². The number of nitrogens with one attached hydrogen (secondary N) is 1. The number of rotatable bonds is 6. The van der Waals surface area contributed by atoms with Gasteiger partial charge < -0.3 is 9.88 Å². The van der Waals surface area contributed by atoms with Crippen molar-refractivity contribution in [1.82, 2.24) is 9.88 Å². The van der Waals surface area contributed by atoms with Gasteiger partial charge in [-0.15, -0.1) is 0 Å². The number of aromatic amines is 1. The number of carbonyl (C=O) groups is 1. The summed E-state index contributed by atoms with van der Waals surface area (Å²) >= 11 is 0. The van der Waals surface area contributed by atoms with E-state index in [1.165, 1.54) is 0 Å². The summed E-state index contributed by atoms with van der Waals surface area (Å²) in [5, 5.41) is 9.83. The standard InChI is InChI=1S/C17H21N3O/c1-13(2)12-20(9-5-8-18)17(21)10-14-11-19-16-7-4-3-6-15(14)16/h3-4,6-7,11,13,19H,5,9-10,12H2,1-2H3. The average Bonchev–Trinajstić information content (AvgIpc) is 2.86. The molecular formula is C17H21N3O. The zero-order chi connectivity index (χ0) is 15.2. The summed E-state index contributed by atoms with van der Waals surface area (Å²) in [5.74, 6) is 0.485.